The largest absolute Gasteiger partial charge is 0.350 e. The van der Waals surface area contributed by atoms with Crippen molar-refractivity contribution in [2.75, 3.05) is 6.54 Å². The van der Waals surface area contributed by atoms with Crippen molar-refractivity contribution in [1.82, 2.24) is 9.88 Å². The summed E-state index contributed by atoms with van der Waals surface area (Å²) in [7, 11) is 1.91. The first-order valence-electron chi connectivity index (χ1n) is 6.98. The molecule has 0 radical (unpaired) electrons. The van der Waals surface area contributed by atoms with Gasteiger partial charge in [-0.05, 0) is 36.8 Å². The molecule has 0 spiro atoms. The molecular weight excluding hydrogens is 328 g/mol. The summed E-state index contributed by atoms with van der Waals surface area (Å²) in [5, 5.41) is 3.03. The molecule has 1 amide bonds. The van der Waals surface area contributed by atoms with Gasteiger partial charge in [0.15, 0.2) is 0 Å². The van der Waals surface area contributed by atoms with E-state index in [2.05, 4.69) is 47.2 Å². The number of hydrogen-bond acceptors (Lipinski definition) is 1. The van der Waals surface area contributed by atoms with Crippen LogP contribution in [0.4, 0.5) is 0 Å². The highest BCUT2D eigenvalue weighted by Crippen LogP contribution is 2.24. The Balaban J connectivity index is 2.06. The standard InChI is InChI=1S/C17H21BrN2O/c1-12-5-10-15(20(12)4)16(21)19-11-17(2,3)13-6-8-14(18)9-7-13/h5-10H,11H2,1-4H3,(H,19,21). The molecule has 0 aliphatic rings. The van der Waals surface area contributed by atoms with Crippen molar-refractivity contribution >= 4 is 21.8 Å². The van der Waals surface area contributed by atoms with Crippen LogP contribution in [0.1, 0.15) is 35.6 Å². The Kier molecular flexibility index (Phi) is 4.57. The summed E-state index contributed by atoms with van der Waals surface area (Å²) >= 11 is 3.44. The monoisotopic (exact) mass is 348 g/mol. The first-order chi connectivity index (χ1) is 9.81. The van der Waals surface area contributed by atoms with E-state index in [-0.39, 0.29) is 11.3 Å². The fourth-order valence-corrected chi connectivity index (χ4v) is 2.50. The van der Waals surface area contributed by atoms with E-state index >= 15 is 0 Å². The number of carbonyl (C=O) groups is 1. The quantitative estimate of drug-likeness (QED) is 0.895. The highest BCUT2D eigenvalue weighted by Gasteiger charge is 2.22. The second-order valence-electron chi connectivity index (χ2n) is 5.99. The third-order valence-electron chi connectivity index (χ3n) is 3.92. The number of amides is 1. The number of aryl methyl sites for hydroxylation is 1. The minimum atomic E-state index is -0.115. The summed E-state index contributed by atoms with van der Waals surface area (Å²) in [5.41, 5.74) is 2.86. The first kappa shape index (κ1) is 15.8. The lowest BCUT2D eigenvalue weighted by Gasteiger charge is -2.25. The molecule has 0 saturated carbocycles. The number of rotatable bonds is 4. The Labute approximate surface area is 134 Å². The normalized spacial score (nSPS) is 11.5. The number of nitrogens with one attached hydrogen (secondary N) is 1. The van der Waals surface area contributed by atoms with Crippen LogP contribution in [0.3, 0.4) is 0 Å². The molecule has 0 aliphatic carbocycles. The molecule has 1 N–H and O–H groups in total. The summed E-state index contributed by atoms with van der Waals surface area (Å²) in [6, 6.07) is 12.0. The lowest BCUT2D eigenvalue weighted by Crippen LogP contribution is -2.37. The summed E-state index contributed by atoms with van der Waals surface area (Å²) in [6.45, 7) is 6.85. The van der Waals surface area contributed by atoms with Crippen LogP contribution in [0.5, 0.6) is 0 Å². The van der Waals surface area contributed by atoms with Gasteiger partial charge in [-0.1, -0.05) is 41.9 Å². The second kappa shape index (κ2) is 6.06. The molecule has 1 heterocycles. The Morgan fingerprint density at radius 2 is 1.81 bits per heavy atom. The number of carbonyl (C=O) groups excluding carboxylic acids is 1. The van der Waals surface area contributed by atoms with Crippen LogP contribution < -0.4 is 5.32 Å². The summed E-state index contributed by atoms with van der Waals surface area (Å²) < 4.78 is 2.97. The third kappa shape index (κ3) is 3.56. The van der Waals surface area contributed by atoms with Gasteiger partial charge < -0.3 is 9.88 Å². The van der Waals surface area contributed by atoms with Gasteiger partial charge in [-0.25, -0.2) is 0 Å². The van der Waals surface area contributed by atoms with Crippen molar-refractivity contribution < 1.29 is 4.79 Å². The van der Waals surface area contributed by atoms with Crippen LogP contribution in [0.2, 0.25) is 0 Å². The molecule has 0 aliphatic heterocycles. The molecule has 1 aromatic carbocycles. The minimum absolute atomic E-state index is 0.0317. The van der Waals surface area contributed by atoms with E-state index in [4.69, 9.17) is 0 Å². The molecule has 0 saturated heterocycles. The van der Waals surface area contributed by atoms with Gasteiger partial charge in [-0.2, -0.15) is 0 Å². The van der Waals surface area contributed by atoms with E-state index in [1.54, 1.807) is 0 Å². The number of aromatic nitrogens is 1. The second-order valence-corrected chi connectivity index (χ2v) is 6.91. The third-order valence-corrected chi connectivity index (χ3v) is 4.45. The van der Waals surface area contributed by atoms with E-state index in [9.17, 15) is 4.79 Å². The van der Waals surface area contributed by atoms with Gasteiger partial charge in [0.25, 0.3) is 5.91 Å². The van der Waals surface area contributed by atoms with Crippen LogP contribution in [0, 0.1) is 6.92 Å². The Morgan fingerprint density at radius 1 is 1.19 bits per heavy atom. The number of nitrogens with zero attached hydrogens (tertiary/aromatic N) is 1. The van der Waals surface area contributed by atoms with Crippen molar-refractivity contribution in [2.45, 2.75) is 26.2 Å². The molecule has 2 rings (SSSR count). The van der Waals surface area contributed by atoms with E-state index in [1.807, 2.05) is 42.8 Å². The van der Waals surface area contributed by atoms with Gasteiger partial charge in [0.05, 0.1) is 0 Å². The lowest BCUT2D eigenvalue weighted by molar-refractivity contribution is 0.0937. The van der Waals surface area contributed by atoms with Gasteiger partial charge in [0.2, 0.25) is 0 Å². The number of hydrogen-bond donors (Lipinski definition) is 1. The fourth-order valence-electron chi connectivity index (χ4n) is 2.24. The minimum Gasteiger partial charge on any atom is -0.350 e. The lowest BCUT2D eigenvalue weighted by atomic mass is 9.84. The molecule has 4 heteroatoms. The Hall–Kier alpha value is -1.55. The zero-order valence-corrected chi connectivity index (χ0v) is 14.5. The molecule has 3 nitrogen and oxygen atoms in total. The molecule has 0 atom stereocenters. The molecule has 2 aromatic rings. The maximum atomic E-state index is 12.3. The maximum absolute atomic E-state index is 12.3. The van der Waals surface area contributed by atoms with Gasteiger partial charge in [0, 0.05) is 29.2 Å². The summed E-state index contributed by atoms with van der Waals surface area (Å²) in [5.74, 6) is -0.0317. The van der Waals surface area contributed by atoms with Crippen LogP contribution in [-0.2, 0) is 12.5 Å². The van der Waals surface area contributed by atoms with E-state index < -0.39 is 0 Å². The molecule has 1 aromatic heterocycles. The van der Waals surface area contributed by atoms with Crippen LogP contribution in [0.15, 0.2) is 40.9 Å². The van der Waals surface area contributed by atoms with Crippen LogP contribution >= 0.6 is 15.9 Å². The average molecular weight is 349 g/mol. The Bertz CT molecular complexity index is 641. The fraction of sp³-hybridized carbons (Fsp3) is 0.353. The van der Waals surface area contributed by atoms with Crippen LogP contribution in [0.25, 0.3) is 0 Å². The molecule has 0 bridgehead atoms. The van der Waals surface area contributed by atoms with Crippen molar-refractivity contribution in [3.63, 3.8) is 0 Å². The molecule has 112 valence electrons. The highest BCUT2D eigenvalue weighted by atomic mass is 79.9. The molecule has 0 unspecified atom stereocenters. The summed E-state index contributed by atoms with van der Waals surface area (Å²) in [4.78, 5) is 12.3. The predicted molar refractivity (Wildman–Crippen MR) is 89.7 cm³/mol. The number of halogens is 1. The zero-order chi connectivity index (χ0) is 15.6. The number of benzene rings is 1. The van der Waals surface area contributed by atoms with Crippen molar-refractivity contribution in [3.8, 4) is 0 Å². The van der Waals surface area contributed by atoms with E-state index in [0.29, 0.717) is 12.2 Å². The van der Waals surface area contributed by atoms with Crippen molar-refractivity contribution in [2.24, 2.45) is 7.05 Å². The van der Waals surface area contributed by atoms with E-state index in [1.165, 1.54) is 5.56 Å². The summed E-state index contributed by atoms with van der Waals surface area (Å²) in [6.07, 6.45) is 0. The van der Waals surface area contributed by atoms with Crippen molar-refractivity contribution in [3.05, 3.63) is 57.8 Å². The highest BCUT2D eigenvalue weighted by molar-refractivity contribution is 9.10. The maximum Gasteiger partial charge on any atom is 0.267 e. The topological polar surface area (TPSA) is 34.0 Å². The van der Waals surface area contributed by atoms with Crippen molar-refractivity contribution in [1.29, 1.82) is 0 Å². The van der Waals surface area contributed by atoms with Gasteiger partial charge in [-0.15, -0.1) is 0 Å². The predicted octanol–water partition coefficient (Wildman–Crippen LogP) is 3.80. The molecular formula is C17H21BrN2O. The molecule has 0 fully saturated rings. The van der Waals surface area contributed by atoms with Gasteiger partial charge in [0.1, 0.15) is 5.69 Å². The van der Waals surface area contributed by atoms with Gasteiger partial charge in [-0.3, -0.25) is 4.79 Å². The SMILES string of the molecule is Cc1ccc(C(=O)NCC(C)(C)c2ccc(Br)cc2)n1C. The van der Waals surface area contributed by atoms with E-state index in [0.717, 1.165) is 10.2 Å². The van der Waals surface area contributed by atoms with Gasteiger partial charge >= 0.3 is 0 Å². The van der Waals surface area contributed by atoms with Crippen LogP contribution in [-0.4, -0.2) is 17.0 Å². The Morgan fingerprint density at radius 3 is 2.33 bits per heavy atom. The first-order valence-corrected chi connectivity index (χ1v) is 7.77. The molecule has 21 heavy (non-hydrogen) atoms. The zero-order valence-electron chi connectivity index (χ0n) is 12.9. The smallest absolute Gasteiger partial charge is 0.267 e. The average Bonchev–Trinajstić information content (AvgIpc) is 2.77.